The van der Waals surface area contributed by atoms with Crippen LogP contribution in [0.5, 0.6) is 0 Å². The second-order valence-electron chi connectivity index (χ2n) is 7.09. The molecule has 0 N–H and O–H groups in total. The van der Waals surface area contributed by atoms with E-state index in [1.54, 1.807) is 13.0 Å². The SMILES string of the molecule is C[C@@H]1O[C@@H](O[C@H]2CC[C@@H](OC(=O)C(C)(C)C)O[C@@H]2C)C=CC1=O. The molecule has 0 amide bonds. The molecule has 0 spiro atoms. The fourth-order valence-electron chi connectivity index (χ4n) is 2.36. The second-order valence-corrected chi connectivity index (χ2v) is 7.09. The summed E-state index contributed by atoms with van der Waals surface area (Å²) in [5.41, 5.74) is -0.552. The Labute approximate surface area is 137 Å². The van der Waals surface area contributed by atoms with E-state index in [-0.39, 0.29) is 24.0 Å². The quantitative estimate of drug-likeness (QED) is 0.742. The van der Waals surface area contributed by atoms with E-state index in [1.165, 1.54) is 6.08 Å². The lowest BCUT2D eigenvalue weighted by Gasteiger charge is -2.36. The first-order chi connectivity index (χ1) is 10.7. The Morgan fingerprint density at radius 2 is 1.91 bits per heavy atom. The van der Waals surface area contributed by atoms with E-state index in [1.807, 2.05) is 27.7 Å². The van der Waals surface area contributed by atoms with Gasteiger partial charge in [-0.25, -0.2) is 0 Å². The van der Waals surface area contributed by atoms with E-state index in [2.05, 4.69) is 0 Å². The van der Waals surface area contributed by atoms with E-state index in [9.17, 15) is 9.59 Å². The number of carbonyl (C=O) groups excluding carboxylic acids is 2. The van der Waals surface area contributed by atoms with Crippen molar-refractivity contribution in [3.63, 3.8) is 0 Å². The summed E-state index contributed by atoms with van der Waals surface area (Å²) in [6.45, 7) is 9.00. The third-order valence-corrected chi connectivity index (χ3v) is 3.89. The maximum Gasteiger partial charge on any atom is 0.313 e. The van der Waals surface area contributed by atoms with Gasteiger partial charge in [-0.1, -0.05) is 0 Å². The van der Waals surface area contributed by atoms with Gasteiger partial charge in [-0.15, -0.1) is 0 Å². The van der Waals surface area contributed by atoms with Crippen molar-refractivity contribution in [2.75, 3.05) is 0 Å². The first-order valence-electron chi connectivity index (χ1n) is 8.06. The van der Waals surface area contributed by atoms with Gasteiger partial charge in [0, 0.05) is 6.42 Å². The lowest BCUT2D eigenvalue weighted by Crippen LogP contribution is -2.44. The van der Waals surface area contributed by atoms with Crippen LogP contribution < -0.4 is 0 Å². The Bertz CT molecular complexity index is 478. The minimum Gasteiger partial charge on any atom is -0.435 e. The standard InChI is InChI=1S/C17H26O6/c1-10-12(18)6-8-14(20-10)22-13-7-9-15(21-11(13)2)23-16(19)17(3,4)5/h6,8,10-11,13-15H,7,9H2,1-5H3/t10-,11+,13-,14-,15+/m0/s1. The Hall–Kier alpha value is -1.24. The van der Waals surface area contributed by atoms with Crippen LogP contribution in [0.1, 0.15) is 47.5 Å². The molecule has 0 aliphatic carbocycles. The Morgan fingerprint density at radius 3 is 2.48 bits per heavy atom. The lowest BCUT2D eigenvalue weighted by atomic mass is 9.97. The zero-order valence-corrected chi connectivity index (χ0v) is 14.4. The Balaban J connectivity index is 1.84. The zero-order valence-electron chi connectivity index (χ0n) is 14.4. The Morgan fingerprint density at radius 1 is 1.22 bits per heavy atom. The van der Waals surface area contributed by atoms with Crippen LogP contribution in [0, 0.1) is 5.41 Å². The van der Waals surface area contributed by atoms with Gasteiger partial charge in [0.1, 0.15) is 6.10 Å². The maximum atomic E-state index is 11.9. The van der Waals surface area contributed by atoms with Gasteiger partial charge in [-0.05, 0) is 53.2 Å². The van der Waals surface area contributed by atoms with Gasteiger partial charge in [0.05, 0.1) is 17.6 Å². The first-order valence-corrected chi connectivity index (χ1v) is 8.06. The molecule has 0 aromatic rings. The zero-order chi connectivity index (χ0) is 17.2. The van der Waals surface area contributed by atoms with Crippen molar-refractivity contribution in [1.29, 1.82) is 0 Å². The molecule has 2 aliphatic rings. The Kier molecular flexibility index (Phi) is 5.60. The second kappa shape index (κ2) is 7.11. The van der Waals surface area contributed by atoms with E-state index in [4.69, 9.17) is 18.9 Å². The van der Waals surface area contributed by atoms with Crippen molar-refractivity contribution in [3.8, 4) is 0 Å². The molecule has 0 saturated carbocycles. The van der Waals surface area contributed by atoms with Crippen LogP contribution in [0.25, 0.3) is 0 Å². The predicted molar refractivity (Wildman–Crippen MR) is 82.5 cm³/mol. The normalized spacial score (nSPS) is 35.2. The van der Waals surface area contributed by atoms with Gasteiger partial charge >= 0.3 is 5.97 Å². The molecule has 0 bridgehead atoms. The fraction of sp³-hybridized carbons (Fsp3) is 0.765. The van der Waals surface area contributed by atoms with Gasteiger partial charge in [-0.3, -0.25) is 9.59 Å². The molecule has 2 rings (SSSR count). The molecule has 0 aromatic heterocycles. The van der Waals surface area contributed by atoms with Crippen LogP contribution in [0.15, 0.2) is 12.2 Å². The highest BCUT2D eigenvalue weighted by Crippen LogP contribution is 2.27. The lowest BCUT2D eigenvalue weighted by molar-refractivity contribution is -0.253. The van der Waals surface area contributed by atoms with Crippen LogP contribution in [0.4, 0.5) is 0 Å². The number of ketones is 1. The molecule has 2 aliphatic heterocycles. The number of hydrogen-bond donors (Lipinski definition) is 0. The minimum absolute atomic E-state index is 0.0630. The van der Waals surface area contributed by atoms with Crippen LogP contribution >= 0.6 is 0 Å². The smallest absolute Gasteiger partial charge is 0.313 e. The highest BCUT2D eigenvalue weighted by molar-refractivity contribution is 5.93. The molecule has 0 radical (unpaired) electrons. The molecule has 1 saturated heterocycles. The number of carbonyl (C=O) groups is 2. The van der Waals surface area contributed by atoms with Crippen LogP contribution in [0.3, 0.4) is 0 Å². The number of rotatable bonds is 3. The molecule has 23 heavy (non-hydrogen) atoms. The number of ether oxygens (including phenoxy) is 4. The minimum atomic E-state index is -0.552. The average Bonchev–Trinajstić information content (AvgIpc) is 2.44. The van der Waals surface area contributed by atoms with Crippen molar-refractivity contribution in [1.82, 2.24) is 0 Å². The summed E-state index contributed by atoms with van der Waals surface area (Å²) in [6.07, 6.45) is 2.38. The largest absolute Gasteiger partial charge is 0.435 e. The van der Waals surface area contributed by atoms with Gasteiger partial charge < -0.3 is 18.9 Å². The van der Waals surface area contributed by atoms with E-state index < -0.39 is 24.1 Å². The van der Waals surface area contributed by atoms with Crippen LogP contribution in [-0.2, 0) is 28.5 Å². The summed E-state index contributed by atoms with van der Waals surface area (Å²) in [6, 6.07) is 0. The molecular weight excluding hydrogens is 300 g/mol. The van der Waals surface area contributed by atoms with Crippen LogP contribution in [-0.4, -0.2) is 42.6 Å². The third-order valence-electron chi connectivity index (χ3n) is 3.89. The molecule has 6 nitrogen and oxygen atoms in total. The topological polar surface area (TPSA) is 71.1 Å². The molecule has 0 unspecified atom stereocenters. The van der Waals surface area contributed by atoms with E-state index >= 15 is 0 Å². The van der Waals surface area contributed by atoms with Crippen molar-refractivity contribution < 1.29 is 28.5 Å². The van der Waals surface area contributed by atoms with Gasteiger partial charge in [-0.2, -0.15) is 0 Å². The number of esters is 1. The van der Waals surface area contributed by atoms with Crippen molar-refractivity contribution in [3.05, 3.63) is 12.2 Å². The molecule has 6 heteroatoms. The molecule has 0 aromatic carbocycles. The van der Waals surface area contributed by atoms with Gasteiger partial charge in [0.25, 0.3) is 0 Å². The molecular formula is C17H26O6. The van der Waals surface area contributed by atoms with Gasteiger partial charge in [0.2, 0.25) is 6.29 Å². The maximum absolute atomic E-state index is 11.9. The van der Waals surface area contributed by atoms with Crippen molar-refractivity contribution in [2.45, 2.75) is 78.4 Å². The van der Waals surface area contributed by atoms with E-state index in [0.29, 0.717) is 12.8 Å². The van der Waals surface area contributed by atoms with Gasteiger partial charge in [0.15, 0.2) is 12.1 Å². The summed E-state index contributed by atoms with van der Waals surface area (Å²) >= 11 is 0. The van der Waals surface area contributed by atoms with Crippen molar-refractivity contribution >= 4 is 11.8 Å². The summed E-state index contributed by atoms with van der Waals surface area (Å²) < 4.78 is 22.5. The molecule has 2 heterocycles. The molecule has 1 fully saturated rings. The third kappa shape index (κ3) is 4.86. The molecule has 5 atom stereocenters. The fourth-order valence-corrected chi connectivity index (χ4v) is 2.36. The summed E-state index contributed by atoms with van der Waals surface area (Å²) in [5.74, 6) is -0.341. The van der Waals surface area contributed by atoms with E-state index in [0.717, 1.165) is 0 Å². The average molecular weight is 326 g/mol. The highest BCUT2D eigenvalue weighted by Gasteiger charge is 2.35. The monoisotopic (exact) mass is 326 g/mol. The highest BCUT2D eigenvalue weighted by atomic mass is 16.7. The van der Waals surface area contributed by atoms with Crippen LogP contribution in [0.2, 0.25) is 0 Å². The summed E-state index contributed by atoms with van der Waals surface area (Å²) in [5, 5.41) is 0. The summed E-state index contributed by atoms with van der Waals surface area (Å²) in [4.78, 5) is 23.3. The summed E-state index contributed by atoms with van der Waals surface area (Å²) in [7, 11) is 0. The first kappa shape index (κ1) is 18.1. The molecule has 130 valence electrons. The number of hydrogen-bond acceptors (Lipinski definition) is 6. The van der Waals surface area contributed by atoms with Crippen molar-refractivity contribution in [2.24, 2.45) is 5.41 Å². The predicted octanol–water partition coefficient (Wildman–Crippen LogP) is 2.36.